The van der Waals surface area contributed by atoms with Crippen molar-refractivity contribution in [2.75, 3.05) is 13.7 Å². The van der Waals surface area contributed by atoms with E-state index in [1.165, 1.54) is 11.6 Å². The first-order valence-corrected chi connectivity index (χ1v) is 6.76. The summed E-state index contributed by atoms with van der Waals surface area (Å²) < 4.78 is 5.18. The van der Waals surface area contributed by atoms with E-state index in [1.54, 1.807) is 19.2 Å². The highest BCUT2D eigenvalue weighted by atomic mass is 16.6. The third kappa shape index (κ3) is 4.29. The Morgan fingerprint density at radius 2 is 2.00 bits per heavy atom. The van der Waals surface area contributed by atoms with Gasteiger partial charge in [0, 0.05) is 18.2 Å². The van der Waals surface area contributed by atoms with Gasteiger partial charge in [-0.25, -0.2) is 0 Å². The molecule has 2 aromatic rings. The zero-order valence-corrected chi connectivity index (χ0v) is 11.9. The molecule has 0 aliphatic carbocycles. The number of para-hydroxylation sites is 1. The van der Waals surface area contributed by atoms with Crippen LogP contribution in [0.15, 0.2) is 48.5 Å². The summed E-state index contributed by atoms with van der Waals surface area (Å²) in [5.41, 5.74) is 2.03. The monoisotopic (exact) mass is 286 g/mol. The average molecular weight is 286 g/mol. The van der Waals surface area contributed by atoms with Gasteiger partial charge in [-0.15, -0.1) is 0 Å². The van der Waals surface area contributed by atoms with Crippen LogP contribution in [0.1, 0.15) is 11.1 Å². The van der Waals surface area contributed by atoms with Crippen molar-refractivity contribution in [3.8, 4) is 5.75 Å². The van der Waals surface area contributed by atoms with Crippen molar-refractivity contribution in [2.24, 2.45) is 0 Å². The Bertz CT molecular complexity index is 614. The molecule has 21 heavy (non-hydrogen) atoms. The number of nitro groups is 1. The predicted molar refractivity (Wildman–Crippen MR) is 81.5 cm³/mol. The fourth-order valence-corrected chi connectivity index (χ4v) is 2.12. The molecule has 1 N–H and O–H groups in total. The van der Waals surface area contributed by atoms with E-state index in [4.69, 9.17) is 4.74 Å². The van der Waals surface area contributed by atoms with Gasteiger partial charge in [0.1, 0.15) is 5.75 Å². The molecule has 0 saturated heterocycles. The number of benzene rings is 2. The fraction of sp³-hybridized carbons (Fsp3) is 0.250. The summed E-state index contributed by atoms with van der Waals surface area (Å²) in [6.45, 7) is 1.24. The van der Waals surface area contributed by atoms with Crippen molar-refractivity contribution in [2.45, 2.75) is 13.0 Å². The maximum absolute atomic E-state index is 10.9. The number of hydrogen-bond donors (Lipinski definition) is 1. The summed E-state index contributed by atoms with van der Waals surface area (Å²) in [6, 6.07) is 14.7. The first kappa shape index (κ1) is 15.0. The minimum atomic E-state index is -0.348. The summed E-state index contributed by atoms with van der Waals surface area (Å²) in [5, 5.41) is 14.1. The minimum absolute atomic E-state index is 0.159. The van der Waals surface area contributed by atoms with Crippen molar-refractivity contribution < 1.29 is 9.66 Å². The van der Waals surface area contributed by atoms with Gasteiger partial charge in [-0.05, 0) is 30.7 Å². The van der Waals surface area contributed by atoms with E-state index in [-0.39, 0.29) is 10.6 Å². The summed E-state index contributed by atoms with van der Waals surface area (Å²) in [7, 11) is 1.64. The molecule has 0 atom stereocenters. The highest BCUT2D eigenvalue weighted by molar-refractivity contribution is 5.39. The van der Waals surface area contributed by atoms with Gasteiger partial charge in [0.25, 0.3) is 5.69 Å². The number of rotatable bonds is 7. The smallest absolute Gasteiger partial charge is 0.273 e. The number of ether oxygens (including phenoxy) is 1. The largest absolute Gasteiger partial charge is 0.497 e. The maximum atomic E-state index is 10.9. The standard InChI is InChI=1S/C16H18N2O3/c1-21-15-7-4-5-13(11-15)9-10-17-12-14-6-2-3-8-16(14)18(19)20/h2-8,11,17H,9-10,12H2,1H3. The van der Waals surface area contributed by atoms with Gasteiger partial charge >= 0.3 is 0 Å². The zero-order valence-electron chi connectivity index (χ0n) is 11.9. The Hall–Kier alpha value is -2.40. The lowest BCUT2D eigenvalue weighted by molar-refractivity contribution is -0.385. The molecule has 5 nitrogen and oxygen atoms in total. The van der Waals surface area contributed by atoms with Crippen LogP contribution in [0.5, 0.6) is 5.75 Å². The number of hydrogen-bond acceptors (Lipinski definition) is 4. The predicted octanol–water partition coefficient (Wildman–Crippen LogP) is 2.94. The molecule has 0 saturated carbocycles. The minimum Gasteiger partial charge on any atom is -0.497 e. The molecule has 0 spiro atoms. The van der Waals surface area contributed by atoms with Gasteiger partial charge in [-0.2, -0.15) is 0 Å². The second-order valence-corrected chi connectivity index (χ2v) is 4.66. The summed E-state index contributed by atoms with van der Waals surface area (Å²) >= 11 is 0. The van der Waals surface area contributed by atoms with E-state index in [0.29, 0.717) is 12.1 Å². The molecule has 0 amide bonds. The molecule has 0 unspecified atom stereocenters. The Balaban J connectivity index is 1.86. The Morgan fingerprint density at radius 1 is 1.19 bits per heavy atom. The molecule has 0 fully saturated rings. The Labute approximate surface area is 123 Å². The van der Waals surface area contributed by atoms with Gasteiger partial charge in [-0.1, -0.05) is 30.3 Å². The van der Waals surface area contributed by atoms with Crippen molar-refractivity contribution in [3.05, 3.63) is 69.8 Å². The Kier molecular flexibility index (Phi) is 5.29. The van der Waals surface area contributed by atoms with Crippen molar-refractivity contribution >= 4 is 5.69 Å². The average Bonchev–Trinajstić information content (AvgIpc) is 2.52. The molecule has 110 valence electrons. The van der Waals surface area contributed by atoms with Crippen LogP contribution < -0.4 is 10.1 Å². The molecular weight excluding hydrogens is 268 g/mol. The van der Waals surface area contributed by atoms with E-state index in [9.17, 15) is 10.1 Å². The lowest BCUT2D eigenvalue weighted by Crippen LogP contribution is -2.17. The molecule has 0 aliphatic rings. The molecule has 2 aromatic carbocycles. The van der Waals surface area contributed by atoms with Gasteiger partial charge in [-0.3, -0.25) is 10.1 Å². The quantitative estimate of drug-likeness (QED) is 0.483. The van der Waals surface area contributed by atoms with Crippen LogP contribution in [-0.4, -0.2) is 18.6 Å². The number of nitrogens with one attached hydrogen (secondary N) is 1. The molecule has 2 rings (SSSR count). The molecule has 0 radical (unpaired) electrons. The Morgan fingerprint density at radius 3 is 2.76 bits per heavy atom. The van der Waals surface area contributed by atoms with Gasteiger partial charge in [0.05, 0.1) is 12.0 Å². The van der Waals surface area contributed by atoms with Crippen molar-refractivity contribution in [1.82, 2.24) is 5.32 Å². The fourth-order valence-electron chi connectivity index (χ4n) is 2.12. The highest BCUT2D eigenvalue weighted by Gasteiger charge is 2.11. The zero-order chi connectivity index (χ0) is 15.1. The van der Waals surface area contributed by atoms with E-state index in [2.05, 4.69) is 5.32 Å². The van der Waals surface area contributed by atoms with Crippen LogP contribution in [-0.2, 0) is 13.0 Å². The third-order valence-electron chi connectivity index (χ3n) is 3.23. The topological polar surface area (TPSA) is 64.4 Å². The summed E-state index contributed by atoms with van der Waals surface area (Å²) in [4.78, 5) is 10.6. The van der Waals surface area contributed by atoms with Crippen LogP contribution in [0.25, 0.3) is 0 Å². The lowest BCUT2D eigenvalue weighted by atomic mass is 10.1. The lowest BCUT2D eigenvalue weighted by Gasteiger charge is -2.07. The highest BCUT2D eigenvalue weighted by Crippen LogP contribution is 2.17. The molecule has 0 heterocycles. The molecule has 0 aliphatic heterocycles. The van der Waals surface area contributed by atoms with Crippen molar-refractivity contribution in [1.29, 1.82) is 0 Å². The van der Waals surface area contributed by atoms with Gasteiger partial charge < -0.3 is 10.1 Å². The van der Waals surface area contributed by atoms with Crippen LogP contribution >= 0.6 is 0 Å². The molecule has 0 bridgehead atoms. The van der Waals surface area contributed by atoms with E-state index in [1.807, 2.05) is 30.3 Å². The number of nitrogens with zero attached hydrogens (tertiary/aromatic N) is 1. The molecular formula is C16H18N2O3. The normalized spacial score (nSPS) is 10.3. The van der Waals surface area contributed by atoms with Gasteiger partial charge in [0.15, 0.2) is 0 Å². The van der Waals surface area contributed by atoms with E-state index < -0.39 is 0 Å². The molecule has 5 heteroatoms. The van der Waals surface area contributed by atoms with Crippen LogP contribution in [0.3, 0.4) is 0 Å². The summed E-state index contributed by atoms with van der Waals surface area (Å²) in [5.74, 6) is 0.839. The van der Waals surface area contributed by atoms with Gasteiger partial charge in [0.2, 0.25) is 0 Å². The van der Waals surface area contributed by atoms with E-state index in [0.717, 1.165) is 18.7 Å². The van der Waals surface area contributed by atoms with Crippen LogP contribution in [0.2, 0.25) is 0 Å². The first-order chi connectivity index (χ1) is 10.2. The second-order valence-electron chi connectivity index (χ2n) is 4.66. The molecule has 0 aromatic heterocycles. The number of methoxy groups -OCH3 is 1. The first-order valence-electron chi connectivity index (χ1n) is 6.76. The van der Waals surface area contributed by atoms with E-state index >= 15 is 0 Å². The SMILES string of the molecule is COc1cccc(CCNCc2ccccc2[N+](=O)[O-])c1. The third-order valence-corrected chi connectivity index (χ3v) is 3.23. The number of nitro benzene ring substituents is 1. The second kappa shape index (κ2) is 7.40. The summed E-state index contributed by atoms with van der Waals surface area (Å²) in [6.07, 6.45) is 0.845. The van der Waals surface area contributed by atoms with Crippen molar-refractivity contribution in [3.63, 3.8) is 0 Å². The maximum Gasteiger partial charge on any atom is 0.273 e. The van der Waals surface area contributed by atoms with Crippen LogP contribution in [0.4, 0.5) is 5.69 Å². The van der Waals surface area contributed by atoms with Crippen LogP contribution in [0, 0.1) is 10.1 Å².